The molecule has 0 aliphatic heterocycles. The number of rotatable bonds is 5. The Morgan fingerprint density at radius 3 is 2.93 bits per heavy atom. The van der Waals surface area contributed by atoms with E-state index >= 15 is 0 Å². The Kier molecular flexibility index (Phi) is 4.15. The minimum absolute atomic E-state index is 0.951. The number of nitrogens with one attached hydrogen (secondary N) is 1. The molecule has 3 heteroatoms. The van der Waals surface area contributed by atoms with E-state index < -0.39 is 0 Å². The lowest BCUT2D eigenvalue weighted by atomic mass is 10.1. The molecular formula is C12H20N2S. The van der Waals surface area contributed by atoms with Crippen molar-refractivity contribution in [2.24, 2.45) is 5.92 Å². The van der Waals surface area contributed by atoms with E-state index in [9.17, 15) is 0 Å². The normalized spacial score (nSPS) is 17.4. The van der Waals surface area contributed by atoms with E-state index in [-0.39, 0.29) is 0 Å². The van der Waals surface area contributed by atoms with E-state index in [0.29, 0.717) is 0 Å². The van der Waals surface area contributed by atoms with Crippen LogP contribution in [0.2, 0.25) is 0 Å². The molecule has 0 amide bonds. The monoisotopic (exact) mass is 224 g/mol. The van der Waals surface area contributed by atoms with E-state index in [1.54, 1.807) is 11.3 Å². The molecule has 1 aromatic rings. The van der Waals surface area contributed by atoms with E-state index in [1.807, 2.05) is 5.51 Å². The highest BCUT2D eigenvalue weighted by Crippen LogP contribution is 2.23. The van der Waals surface area contributed by atoms with Crippen molar-refractivity contribution in [3.05, 3.63) is 16.1 Å². The summed E-state index contributed by atoms with van der Waals surface area (Å²) >= 11 is 1.78. The number of nitrogens with zero attached hydrogens (tertiary/aromatic N) is 1. The zero-order valence-corrected chi connectivity index (χ0v) is 10.3. The Balaban J connectivity index is 1.60. The van der Waals surface area contributed by atoms with Crippen LogP contribution in [0.25, 0.3) is 0 Å². The molecule has 15 heavy (non-hydrogen) atoms. The lowest BCUT2D eigenvalue weighted by molar-refractivity contribution is 0.492. The van der Waals surface area contributed by atoms with E-state index in [2.05, 4.69) is 17.2 Å². The Morgan fingerprint density at radius 2 is 2.27 bits per heavy atom. The molecule has 1 fully saturated rings. The maximum Gasteiger partial charge on any atom is 0.0797 e. The minimum Gasteiger partial charge on any atom is -0.316 e. The summed E-state index contributed by atoms with van der Waals surface area (Å²) in [6, 6.07) is 0. The predicted molar refractivity (Wildman–Crippen MR) is 65.4 cm³/mol. The molecule has 0 atom stereocenters. The summed E-state index contributed by atoms with van der Waals surface area (Å²) in [5.41, 5.74) is 3.16. The van der Waals surface area contributed by atoms with Gasteiger partial charge >= 0.3 is 0 Å². The maximum absolute atomic E-state index is 4.26. The van der Waals surface area contributed by atoms with Gasteiger partial charge < -0.3 is 5.32 Å². The number of aromatic nitrogens is 1. The molecule has 0 saturated heterocycles. The van der Waals surface area contributed by atoms with Crippen LogP contribution in [0.3, 0.4) is 0 Å². The maximum atomic E-state index is 4.26. The fraction of sp³-hybridized carbons (Fsp3) is 0.750. The van der Waals surface area contributed by atoms with Crippen LogP contribution in [-0.2, 0) is 6.42 Å². The first-order valence-corrected chi connectivity index (χ1v) is 6.84. The summed E-state index contributed by atoms with van der Waals surface area (Å²) in [6.07, 6.45) is 6.91. The number of aryl methyl sites for hydroxylation is 1. The lowest BCUT2D eigenvalue weighted by Crippen LogP contribution is -2.23. The second-order valence-electron chi connectivity index (χ2n) is 4.47. The molecule has 1 aliphatic rings. The van der Waals surface area contributed by atoms with E-state index in [0.717, 1.165) is 18.9 Å². The smallest absolute Gasteiger partial charge is 0.0797 e. The Labute approximate surface area is 96.1 Å². The molecule has 1 aliphatic carbocycles. The molecular weight excluding hydrogens is 204 g/mol. The fourth-order valence-corrected chi connectivity index (χ4v) is 3.07. The highest BCUT2D eigenvalue weighted by Gasteiger charge is 2.13. The first-order valence-electron chi connectivity index (χ1n) is 5.96. The van der Waals surface area contributed by atoms with E-state index in [1.165, 1.54) is 42.8 Å². The highest BCUT2D eigenvalue weighted by atomic mass is 32.1. The van der Waals surface area contributed by atoms with Crippen molar-refractivity contribution in [2.75, 3.05) is 13.1 Å². The van der Waals surface area contributed by atoms with Crippen LogP contribution in [-0.4, -0.2) is 18.1 Å². The first kappa shape index (κ1) is 11.1. The molecule has 84 valence electrons. The molecule has 0 spiro atoms. The first-order chi connectivity index (χ1) is 7.36. The van der Waals surface area contributed by atoms with Crippen LogP contribution in [0.1, 0.15) is 36.3 Å². The third-order valence-electron chi connectivity index (χ3n) is 3.28. The SMILES string of the molecule is Cc1ncsc1CCNCC1CCCC1. The quantitative estimate of drug-likeness (QED) is 0.778. The van der Waals surface area contributed by atoms with Crippen molar-refractivity contribution in [1.82, 2.24) is 10.3 Å². The summed E-state index contributed by atoms with van der Waals surface area (Å²) in [4.78, 5) is 5.70. The average Bonchev–Trinajstić information content (AvgIpc) is 2.85. The van der Waals surface area contributed by atoms with Crippen molar-refractivity contribution in [3.63, 3.8) is 0 Å². The average molecular weight is 224 g/mol. The van der Waals surface area contributed by atoms with Crippen LogP contribution in [0.15, 0.2) is 5.51 Å². The molecule has 2 rings (SSSR count). The Morgan fingerprint density at radius 1 is 1.47 bits per heavy atom. The molecule has 1 heterocycles. The standard InChI is InChI=1S/C12H20N2S/c1-10-12(15-9-14-10)6-7-13-8-11-4-2-3-5-11/h9,11,13H,2-8H2,1H3. The van der Waals surface area contributed by atoms with Gasteiger partial charge in [-0.05, 0) is 38.6 Å². The highest BCUT2D eigenvalue weighted by molar-refractivity contribution is 7.09. The van der Waals surface area contributed by atoms with Gasteiger partial charge in [0.15, 0.2) is 0 Å². The van der Waals surface area contributed by atoms with Gasteiger partial charge in [0.25, 0.3) is 0 Å². The summed E-state index contributed by atoms with van der Waals surface area (Å²) in [5, 5.41) is 3.57. The Hall–Kier alpha value is -0.410. The molecule has 1 aromatic heterocycles. The van der Waals surface area contributed by atoms with Crippen molar-refractivity contribution < 1.29 is 0 Å². The van der Waals surface area contributed by atoms with Crippen LogP contribution in [0, 0.1) is 12.8 Å². The summed E-state index contributed by atoms with van der Waals surface area (Å²) in [6.45, 7) is 4.43. The van der Waals surface area contributed by atoms with Gasteiger partial charge in [0.2, 0.25) is 0 Å². The van der Waals surface area contributed by atoms with Gasteiger partial charge in [-0.2, -0.15) is 0 Å². The number of hydrogen-bond acceptors (Lipinski definition) is 3. The predicted octanol–water partition coefficient (Wildman–Crippen LogP) is 2.77. The molecule has 0 aromatic carbocycles. The third-order valence-corrected chi connectivity index (χ3v) is 4.28. The zero-order valence-electron chi connectivity index (χ0n) is 9.46. The topological polar surface area (TPSA) is 24.9 Å². The largest absolute Gasteiger partial charge is 0.316 e. The van der Waals surface area contributed by atoms with Gasteiger partial charge in [0.05, 0.1) is 11.2 Å². The molecule has 1 saturated carbocycles. The molecule has 0 unspecified atom stereocenters. The van der Waals surface area contributed by atoms with Crippen LogP contribution >= 0.6 is 11.3 Å². The second-order valence-corrected chi connectivity index (χ2v) is 5.40. The van der Waals surface area contributed by atoms with Gasteiger partial charge in [-0.25, -0.2) is 4.98 Å². The fourth-order valence-electron chi connectivity index (χ4n) is 2.29. The van der Waals surface area contributed by atoms with Gasteiger partial charge in [-0.3, -0.25) is 0 Å². The summed E-state index contributed by atoms with van der Waals surface area (Å²) in [5.74, 6) is 0.951. The zero-order chi connectivity index (χ0) is 10.5. The van der Waals surface area contributed by atoms with E-state index in [4.69, 9.17) is 0 Å². The number of hydrogen-bond donors (Lipinski definition) is 1. The van der Waals surface area contributed by atoms with Crippen molar-refractivity contribution in [1.29, 1.82) is 0 Å². The van der Waals surface area contributed by atoms with Gasteiger partial charge in [-0.1, -0.05) is 12.8 Å². The summed E-state index contributed by atoms with van der Waals surface area (Å²) in [7, 11) is 0. The van der Waals surface area contributed by atoms with Crippen molar-refractivity contribution >= 4 is 11.3 Å². The third kappa shape index (κ3) is 3.28. The lowest BCUT2D eigenvalue weighted by Gasteiger charge is -2.09. The minimum atomic E-state index is 0.951. The van der Waals surface area contributed by atoms with Crippen LogP contribution in [0.5, 0.6) is 0 Å². The molecule has 0 radical (unpaired) electrons. The van der Waals surface area contributed by atoms with Gasteiger partial charge in [0, 0.05) is 11.4 Å². The van der Waals surface area contributed by atoms with Gasteiger partial charge in [0.1, 0.15) is 0 Å². The number of thiazole rings is 1. The van der Waals surface area contributed by atoms with Crippen molar-refractivity contribution in [3.8, 4) is 0 Å². The van der Waals surface area contributed by atoms with Crippen LogP contribution in [0.4, 0.5) is 0 Å². The second kappa shape index (κ2) is 5.61. The Bertz CT molecular complexity index is 290. The molecule has 2 nitrogen and oxygen atoms in total. The molecule has 1 N–H and O–H groups in total. The van der Waals surface area contributed by atoms with Crippen molar-refractivity contribution in [2.45, 2.75) is 39.0 Å². The van der Waals surface area contributed by atoms with Gasteiger partial charge in [-0.15, -0.1) is 11.3 Å². The summed E-state index contributed by atoms with van der Waals surface area (Å²) < 4.78 is 0. The molecule has 0 bridgehead atoms. The van der Waals surface area contributed by atoms with Crippen LogP contribution < -0.4 is 5.32 Å².